The molecular weight excluding hydrogens is 396 g/mol. The van der Waals surface area contributed by atoms with Gasteiger partial charge < -0.3 is 0 Å². The fraction of sp³-hybridized carbons (Fsp3) is 0.212. The lowest BCUT2D eigenvalue weighted by Gasteiger charge is -2.19. The van der Waals surface area contributed by atoms with E-state index in [4.69, 9.17) is 0 Å². The van der Waals surface area contributed by atoms with Crippen LogP contribution < -0.4 is 0 Å². The Morgan fingerprint density at radius 2 is 1.24 bits per heavy atom. The molecule has 0 aliphatic heterocycles. The average Bonchev–Trinajstić information content (AvgIpc) is 2.84. The molecule has 0 heteroatoms. The van der Waals surface area contributed by atoms with Gasteiger partial charge in [-0.2, -0.15) is 0 Å². The molecule has 0 aromatic heterocycles. The van der Waals surface area contributed by atoms with Crippen molar-refractivity contribution < 1.29 is 0 Å². The summed E-state index contributed by atoms with van der Waals surface area (Å²) >= 11 is 0. The van der Waals surface area contributed by atoms with Crippen LogP contribution >= 0.6 is 0 Å². The number of hydrogen-bond acceptors (Lipinski definition) is 0. The zero-order chi connectivity index (χ0) is 23.4. The average molecular weight is 431 g/mol. The van der Waals surface area contributed by atoms with Gasteiger partial charge in [-0.15, -0.1) is 0 Å². The maximum atomic E-state index is 4.06. The third-order valence-electron chi connectivity index (χ3n) is 6.82. The van der Waals surface area contributed by atoms with E-state index in [-0.39, 0.29) is 0 Å². The van der Waals surface area contributed by atoms with E-state index in [1.54, 1.807) is 0 Å². The summed E-state index contributed by atoms with van der Waals surface area (Å²) in [4.78, 5) is 0. The standard InChI is InChI=1S/C33H34/c1-6-12-27-18-20-29(22-33(27)31-16-11-9-14-24(31)4)25(5)28-19-17-26(7-2)32(21-28)30-15-10-8-13-23(30)3/h7-11,13-22,25H,2,6,12H2,1,3-5H3. The molecule has 1 atom stereocenters. The van der Waals surface area contributed by atoms with Gasteiger partial charge in [0, 0.05) is 5.92 Å². The van der Waals surface area contributed by atoms with Crippen molar-refractivity contribution in [2.75, 3.05) is 0 Å². The molecule has 0 nitrogen and oxygen atoms in total. The van der Waals surface area contributed by atoms with E-state index in [1.165, 1.54) is 55.6 Å². The summed E-state index contributed by atoms with van der Waals surface area (Å²) in [5, 5.41) is 0. The maximum Gasteiger partial charge on any atom is 0.00614 e. The van der Waals surface area contributed by atoms with E-state index in [2.05, 4.69) is 119 Å². The Bertz CT molecular complexity index is 1270. The highest BCUT2D eigenvalue weighted by atomic mass is 14.2. The van der Waals surface area contributed by atoms with Crippen molar-refractivity contribution in [2.24, 2.45) is 0 Å². The largest absolute Gasteiger partial charge is 0.0984 e. The number of aryl methyl sites for hydroxylation is 3. The topological polar surface area (TPSA) is 0 Å². The molecule has 0 saturated heterocycles. The van der Waals surface area contributed by atoms with E-state index in [0.717, 1.165) is 12.8 Å². The Morgan fingerprint density at radius 1 is 0.697 bits per heavy atom. The molecule has 4 rings (SSSR count). The van der Waals surface area contributed by atoms with Crippen molar-refractivity contribution in [3.8, 4) is 22.3 Å². The summed E-state index contributed by atoms with van der Waals surface area (Å²) in [5.74, 6) is 0.296. The minimum Gasteiger partial charge on any atom is -0.0984 e. The fourth-order valence-electron chi connectivity index (χ4n) is 4.80. The molecule has 166 valence electrons. The zero-order valence-corrected chi connectivity index (χ0v) is 20.4. The van der Waals surface area contributed by atoms with Crippen molar-refractivity contribution in [2.45, 2.75) is 46.5 Å². The van der Waals surface area contributed by atoms with Crippen molar-refractivity contribution in [3.63, 3.8) is 0 Å². The van der Waals surface area contributed by atoms with Gasteiger partial charge in [0.2, 0.25) is 0 Å². The first kappa shape index (κ1) is 22.8. The van der Waals surface area contributed by atoms with Gasteiger partial charge >= 0.3 is 0 Å². The van der Waals surface area contributed by atoms with E-state index in [0.29, 0.717) is 5.92 Å². The molecule has 0 saturated carbocycles. The van der Waals surface area contributed by atoms with Crippen LogP contribution in [0.1, 0.15) is 59.6 Å². The van der Waals surface area contributed by atoms with Crippen LogP contribution in [0.5, 0.6) is 0 Å². The van der Waals surface area contributed by atoms with Gasteiger partial charge in [0.05, 0.1) is 0 Å². The van der Waals surface area contributed by atoms with Gasteiger partial charge in [-0.1, -0.05) is 112 Å². The van der Waals surface area contributed by atoms with Crippen LogP contribution in [0.4, 0.5) is 0 Å². The first-order valence-electron chi connectivity index (χ1n) is 12.0. The van der Waals surface area contributed by atoms with E-state index >= 15 is 0 Å². The predicted octanol–water partition coefficient (Wildman–Crippen LogP) is 9.38. The van der Waals surface area contributed by atoms with Gasteiger partial charge in [0.1, 0.15) is 0 Å². The summed E-state index contributed by atoms with van der Waals surface area (Å²) in [6, 6.07) is 31.3. The van der Waals surface area contributed by atoms with Gasteiger partial charge in [-0.05, 0) is 82.0 Å². The number of rotatable bonds is 7. The van der Waals surface area contributed by atoms with Gasteiger partial charge in [-0.3, -0.25) is 0 Å². The fourth-order valence-corrected chi connectivity index (χ4v) is 4.80. The normalized spacial score (nSPS) is 11.9. The quantitative estimate of drug-likeness (QED) is 0.274. The minimum atomic E-state index is 0.296. The van der Waals surface area contributed by atoms with Crippen molar-refractivity contribution in [1.82, 2.24) is 0 Å². The minimum absolute atomic E-state index is 0.296. The Morgan fingerprint density at radius 3 is 1.82 bits per heavy atom. The van der Waals surface area contributed by atoms with Crippen LogP contribution in [0.25, 0.3) is 28.3 Å². The molecule has 0 spiro atoms. The first-order valence-corrected chi connectivity index (χ1v) is 12.0. The predicted molar refractivity (Wildman–Crippen MR) is 145 cm³/mol. The molecule has 0 heterocycles. The molecule has 4 aromatic rings. The SMILES string of the molecule is C=Cc1ccc(C(C)c2ccc(CCC)c(-c3ccccc3C)c2)cc1-c1ccccc1C. The highest BCUT2D eigenvalue weighted by Gasteiger charge is 2.15. The second-order valence-electron chi connectivity index (χ2n) is 9.07. The van der Waals surface area contributed by atoms with Gasteiger partial charge in [-0.25, -0.2) is 0 Å². The third kappa shape index (κ3) is 4.71. The molecular formula is C33H34. The second-order valence-corrected chi connectivity index (χ2v) is 9.07. The molecule has 0 bridgehead atoms. The zero-order valence-electron chi connectivity index (χ0n) is 20.4. The van der Waals surface area contributed by atoms with E-state index in [9.17, 15) is 0 Å². The lowest BCUT2D eigenvalue weighted by molar-refractivity contribution is 0.903. The van der Waals surface area contributed by atoms with Crippen LogP contribution in [0.2, 0.25) is 0 Å². The summed E-state index contributed by atoms with van der Waals surface area (Å²) in [5.41, 5.74) is 13.2. The van der Waals surface area contributed by atoms with Crippen molar-refractivity contribution >= 4 is 6.08 Å². The Hall–Kier alpha value is -3.38. The monoisotopic (exact) mass is 430 g/mol. The van der Waals surface area contributed by atoms with Gasteiger partial charge in [0.15, 0.2) is 0 Å². The van der Waals surface area contributed by atoms with Crippen LogP contribution in [0.15, 0.2) is 91.5 Å². The lowest BCUT2D eigenvalue weighted by Crippen LogP contribution is -2.00. The van der Waals surface area contributed by atoms with Crippen LogP contribution in [0, 0.1) is 13.8 Å². The highest BCUT2D eigenvalue weighted by molar-refractivity contribution is 5.78. The maximum absolute atomic E-state index is 4.06. The second kappa shape index (κ2) is 10.0. The summed E-state index contributed by atoms with van der Waals surface area (Å²) in [6.07, 6.45) is 4.21. The molecule has 0 amide bonds. The van der Waals surface area contributed by atoms with Gasteiger partial charge in [0.25, 0.3) is 0 Å². The van der Waals surface area contributed by atoms with Crippen LogP contribution in [-0.4, -0.2) is 0 Å². The molecule has 33 heavy (non-hydrogen) atoms. The van der Waals surface area contributed by atoms with Crippen molar-refractivity contribution in [3.05, 3.63) is 125 Å². The molecule has 0 radical (unpaired) electrons. The first-order chi connectivity index (χ1) is 16.0. The molecule has 4 aromatic carbocycles. The highest BCUT2D eigenvalue weighted by Crippen LogP contribution is 2.36. The third-order valence-corrected chi connectivity index (χ3v) is 6.82. The summed E-state index contributed by atoms with van der Waals surface area (Å²) in [7, 11) is 0. The summed E-state index contributed by atoms with van der Waals surface area (Å²) < 4.78 is 0. The molecule has 1 unspecified atom stereocenters. The lowest BCUT2D eigenvalue weighted by atomic mass is 9.85. The van der Waals surface area contributed by atoms with E-state index in [1.807, 2.05) is 6.08 Å². The number of hydrogen-bond donors (Lipinski definition) is 0. The Labute approximate surface area is 199 Å². The van der Waals surface area contributed by atoms with Crippen LogP contribution in [-0.2, 0) is 6.42 Å². The summed E-state index contributed by atoms with van der Waals surface area (Å²) in [6.45, 7) is 13.0. The smallest absolute Gasteiger partial charge is 0.00614 e. The molecule has 0 aliphatic rings. The Kier molecular flexibility index (Phi) is 6.94. The Balaban J connectivity index is 1.80. The van der Waals surface area contributed by atoms with Crippen LogP contribution in [0.3, 0.4) is 0 Å². The molecule has 0 N–H and O–H groups in total. The number of benzene rings is 4. The molecule has 0 aliphatic carbocycles. The molecule has 0 fully saturated rings. The van der Waals surface area contributed by atoms with Crippen molar-refractivity contribution in [1.29, 1.82) is 0 Å². The van der Waals surface area contributed by atoms with E-state index < -0.39 is 0 Å².